The van der Waals surface area contributed by atoms with Crippen molar-refractivity contribution in [3.63, 3.8) is 0 Å². The van der Waals surface area contributed by atoms with Crippen molar-refractivity contribution >= 4 is 17.5 Å². The third-order valence-electron chi connectivity index (χ3n) is 5.86. The second kappa shape index (κ2) is 8.63. The number of nitrogens with zero attached hydrogens (tertiary/aromatic N) is 4. The van der Waals surface area contributed by atoms with E-state index in [1.807, 2.05) is 33.7 Å². The molecule has 2 N–H and O–H groups in total. The van der Waals surface area contributed by atoms with Crippen LogP contribution >= 0.6 is 0 Å². The Morgan fingerprint density at radius 3 is 2.93 bits per heavy atom. The van der Waals surface area contributed by atoms with Gasteiger partial charge in [0, 0.05) is 57.5 Å². The summed E-state index contributed by atoms with van der Waals surface area (Å²) in [6.07, 6.45) is 10.4. The Labute approximate surface area is 166 Å². The summed E-state index contributed by atoms with van der Waals surface area (Å²) in [6, 6.07) is 6.28. The van der Waals surface area contributed by atoms with Crippen molar-refractivity contribution in [2.75, 3.05) is 26.7 Å². The maximum Gasteiger partial charge on any atom is 0.225 e. The molecule has 7 nitrogen and oxygen atoms in total. The molecule has 0 radical (unpaired) electrons. The highest BCUT2D eigenvalue weighted by molar-refractivity contribution is 5.81. The molecule has 7 heteroatoms. The van der Waals surface area contributed by atoms with Gasteiger partial charge >= 0.3 is 0 Å². The van der Waals surface area contributed by atoms with Crippen LogP contribution in [0.1, 0.15) is 37.8 Å². The molecule has 3 heterocycles. The number of amides is 1. The van der Waals surface area contributed by atoms with Crippen LogP contribution < -0.4 is 10.6 Å². The minimum absolute atomic E-state index is 0.265. The maximum atomic E-state index is 12.6. The summed E-state index contributed by atoms with van der Waals surface area (Å²) in [7, 11) is 1.79. The van der Waals surface area contributed by atoms with Crippen LogP contribution in [-0.4, -0.2) is 58.9 Å². The third kappa shape index (κ3) is 4.29. The number of aromatic nitrogens is 2. The third-order valence-corrected chi connectivity index (χ3v) is 5.86. The first-order valence-corrected chi connectivity index (χ1v) is 10.4. The lowest BCUT2D eigenvalue weighted by Crippen LogP contribution is -2.45. The van der Waals surface area contributed by atoms with Gasteiger partial charge in [-0.25, -0.2) is 4.98 Å². The lowest BCUT2D eigenvalue weighted by Gasteiger charge is -2.21. The van der Waals surface area contributed by atoms with Crippen LogP contribution in [0.3, 0.4) is 0 Å². The molecule has 1 atom stereocenters. The molecule has 1 saturated carbocycles. The van der Waals surface area contributed by atoms with E-state index < -0.39 is 0 Å². The summed E-state index contributed by atoms with van der Waals surface area (Å²) in [5.74, 6) is 1.42. The number of carbonyl (C=O) groups is 1. The van der Waals surface area contributed by atoms with Crippen molar-refractivity contribution in [3.8, 4) is 0 Å². The van der Waals surface area contributed by atoms with E-state index in [1.165, 1.54) is 12.8 Å². The van der Waals surface area contributed by atoms with Crippen molar-refractivity contribution in [3.05, 3.63) is 36.3 Å². The van der Waals surface area contributed by atoms with E-state index in [2.05, 4.69) is 26.8 Å². The van der Waals surface area contributed by atoms with Crippen molar-refractivity contribution in [1.29, 1.82) is 0 Å². The summed E-state index contributed by atoms with van der Waals surface area (Å²) in [4.78, 5) is 23.6. The van der Waals surface area contributed by atoms with Gasteiger partial charge in [0.15, 0.2) is 5.96 Å². The normalized spacial score (nSPS) is 20.8. The fraction of sp³-hybridized carbons (Fsp3) is 0.571. The summed E-state index contributed by atoms with van der Waals surface area (Å²) in [5.41, 5.74) is 2.03. The number of likely N-dealkylation sites (tertiary alicyclic amines) is 1. The topological polar surface area (TPSA) is 74.0 Å². The fourth-order valence-corrected chi connectivity index (χ4v) is 4.31. The van der Waals surface area contributed by atoms with Crippen molar-refractivity contribution in [1.82, 2.24) is 24.9 Å². The van der Waals surface area contributed by atoms with Gasteiger partial charge in [0.05, 0.1) is 5.69 Å². The Bertz CT molecular complexity index is 805. The first kappa shape index (κ1) is 18.8. The fourth-order valence-electron chi connectivity index (χ4n) is 4.31. The maximum absolute atomic E-state index is 12.6. The second-order valence-corrected chi connectivity index (χ2v) is 7.84. The van der Waals surface area contributed by atoms with E-state index in [-0.39, 0.29) is 12.0 Å². The van der Waals surface area contributed by atoms with Crippen molar-refractivity contribution in [2.45, 2.75) is 44.6 Å². The van der Waals surface area contributed by atoms with Crippen LogP contribution in [0.4, 0.5) is 0 Å². The molecule has 28 heavy (non-hydrogen) atoms. The van der Waals surface area contributed by atoms with E-state index in [0.717, 1.165) is 62.6 Å². The van der Waals surface area contributed by atoms with Gasteiger partial charge in [-0.15, -0.1) is 0 Å². The largest absolute Gasteiger partial charge is 0.356 e. The quantitative estimate of drug-likeness (QED) is 0.611. The molecule has 2 fully saturated rings. The molecule has 1 aliphatic heterocycles. The summed E-state index contributed by atoms with van der Waals surface area (Å²) in [6.45, 7) is 2.40. The van der Waals surface area contributed by atoms with Crippen molar-refractivity contribution < 1.29 is 4.79 Å². The first-order chi connectivity index (χ1) is 13.7. The number of guanidine groups is 1. The van der Waals surface area contributed by atoms with Gasteiger partial charge in [-0.1, -0.05) is 18.9 Å². The molecule has 1 aliphatic carbocycles. The van der Waals surface area contributed by atoms with E-state index in [4.69, 9.17) is 0 Å². The molecule has 150 valence electrons. The predicted octanol–water partition coefficient (Wildman–Crippen LogP) is 1.83. The van der Waals surface area contributed by atoms with E-state index in [1.54, 1.807) is 7.05 Å². The van der Waals surface area contributed by atoms with E-state index in [0.29, 0.717) is 5.91 Å². The molecule has 4 rings (SSSR count). The SMILES string of the molecule is CN=C(NCCc1cn2ccccc2n1)NC1CCN(C(=O)C2CCCC2)C1. The summed E-state index contributed by atoms with van der Waals surface area (Å²) >= 11 is 0. The highest BCUT2D eigenvalue weighted by Gasteiger charge is 2.32. The Balaban J connectivity index is 1.23. The number of hydrogen-bond donors (Lipinski definition) is 2. The number of imidazole rings is 1. The summed E-state index contributed by atoms with van der Waals surface area (Å²) in [5, 5.41) is 6.85. The molecule has 0 bridgehead atoms. The minimum Gasteiger partial charge on any atom is -0.356 e. The van der Waals surface area contributed by atoms with Crippen molar-refractivity contribution in [2.24, 2.45) is 10.9 Å². The lowest BCUT2D eigenvalue weighted by atomic mass is 10.1. The Hall–Kier alpha value is -2.57. The lowest BCUT2D eigenvalue weighted by molar-refractivity contribution is -0.134. The second-order valence-electron chi connectivity index (χ2n) is 7.84. The van der Waals surface area contributed by atoms with Gasteiger partial charge in [-0.2, -0.15) is 0 Å². The minimum atomic E-state index is 0.265. The molecule has 2 aromatic rings. The average molecular weight is 383 g/mol. The Morgan fingerprint density at radius 2 is 2.14 bits per heavy atom. The highest BCUT2D eigenvalue weighted by atomic mass is 16.2. The monoisotopic (exact) mass is 382 g/mol. The Morgan fingerprint density at radius 1 is 1.29 bits per heavy atom. The zero-order valence-electron chi connectivity index (χ0n) is 16.6. The number of pyridine rings is 1. The van der Waals surface area contributed by atoms with Crippen LogP contribution in [0.2, 0.25) is 0 Å². The molecule has 1 saturated heterocycles. The number of fused-ring (bicyclic) bond motifs is 1. The zero-order chi connectivity index (χ0) is 19.3. The highest BCUT2D eigenvalue weighted by Crippen LogP contribution is 2.27. The van der Waals surface area contributed by atoms with Gasteiger partial charge in [0.2, 0.25) is 5.91 Å². The molecule has 0 spiro atoms. The standard InChI is InChI=1S/C21H30N6O/c1-22-21(23-11-9-17-14-26-12-5-4-8-19(26)24-17)25-18-10-13-27(15-18)20(28)16-6-2-3-7-16/h4-5,8,12,14,16,18H,2-3,6-7,9-11,13,15H2,1H3,(H2,22,23,25). The van der Waals surface area contributed by atoms with Crippen LogP contribution in [0.5, 0.6) is 0 Å². The smallest absolute Gasteiger partial charge is 0.225 e. The number of hydrogen-bond acceptors (Lipinski definition) is 3. The molecule has 2 aliphatic rings. The van der Waals surface area contributed by atoms with Gasteiger partial charge < -0.3 is 19.9 Å². The van der Waals surface area contributed by atoms with Crippen LogP contribution in [0.25, 0.3) is 5.65 Å². The van der Waals surface area contributed by atoms with E-state index in [9.17, 15) is 4.79 Å². The van der Waals surface area contributed by atoms with Crippen LogP contribution in [-0.2, 0) is 11.2 Å². The molecular formula is C21H30N6O. The van der Waals surface area contributed by atoms with Gasteiger partial charge in [0.1, 0.15) is 5.65 Å². The number of aliphatic imine (C=N–C) groups is 1. The zero-order valence-corrected chi connectivity index (χ0v) is 16.6. The number of carbonyl (C=O) groups excluding carboxylic acids is 1. The van der Waals surface area contributed by atoms with E-state index >= 15 is 0 Å². The van der Waals surface area contributed by atoms with Gasteiger partial charge in [0.25, 0.3) is 0 Å². The van der Waals surface area contributed by atoms with Gasteiger partial charge in [-0.3, -0.25) is 9.79 Å². The van der Waals surface area contributed by atoms with Crippen LogP contribution in [0.15, 0.2) is 35.6 Å². The average Bonchev–Trinajstić information content (AvgIpc) is 3.46. The molecular weight excluding hydrogens is 352 g/mol. The predicted molar refractivity (Wildman–Crippen MR) is 110 cm³/mol. The van der Waals surface area contributed by atoms with Crippen LogP contribution in [0, 0.1) is 5.92 Å². The first-order valence-electron chi connectivity index (χ1n) is 10.4. The number of rotatable bonds is 5. The van der Waals surface area contributed by atoms with Gasteiger partial charge in [-0.05, 0) is 31.4 Å². The molecule has 0 aromatic carbocycles. The molecule has 1 amide bonds. The molecule has 2 aromatic heterocycles. The number of nitrogens with one attached hydrogen (secondary N) is 2. The Kier molecular flexibility index (Phi) is 5.78. The summed E-state index contributed by atoms with van der Waals surface area (Å²) < 4.78 is 2.04. The molecule has 1 unspecified atom stereocenters.